The lowest BCUT2D eigenvalue weighted by atomic mass is 10.4. The summed E-state index contributed by atoms with van der Waals surface area (Å²) in [7, 11) is 0. The number of rotatable bonds is 3. The third-order valence-corrected chi connectivity index (χ3v) is 3.34. The number of hydrogen-bond donors (Lipinski definition) is 0. The van der Waals surface area contributed by atoms with Crippen molar-refractivity contribution >= 4 is 17.6 Å². The summed E-state index contributed by atoms with van der Waals surface area (Å²) in [6.07, 6.45) is 1.69. The van der Waals surface area contributed by atoms with Crippen LogP contribution in [0.4, 0.5) is 5.95 Å². The summed E-state index contributed by atoms with van der Waals surface area (Å²) >= 11 is 0. The number of aryl methyl sites for hydroxylation is 1. The van der Waals surface area contributed by atoms with Crippen molar-refractivity contribution in [3.8, 4) is 0 Å². The summed E-state index contributed by atoms with van der Waals surface area (Å²) in [4.78, 5) is 22.9. The van der Waals surface area contributed by atoms with Gasteiger partial charge in [0.2, 0.25) is 5.95 Å². The fraction of sp³-hybridized carbons (Fsp3) is 0.500. The summed E-state index contributed by atoms with van der Waals surface area (Å²) in [5.41, 5.74) is 1.87. The number of imidazole rings is 1. The zero-order valence-corrected chi connectivity index (χ0v) is 12.2. The summed E-state index contributed by atoms with van der Waals surface area (Å²) in [5.74, 6) is 0.378. The predicted molar refractivity (Wildman–Crippen MR) is 76.7 cm³/mol. The Hall–Kier alpha value is -2.15. The van der Waals surface area contributed by atoms with Gasteiger partial charge in [0.25, 0.3) is 0 Å². The Kier molecular flexibility index (Phi) is 3.74. The number of aromatic nitrogens is 3. The molecule has 1 aliphatic rings. The molecule has 3 heterocycles. The van der Waals surface area contributed by atoms with Crippen LogP contribution in [0.5, 0.6) is 0 Å². The summed E-state index contributed by atoms with van der Waals surface area (Å²) < 4.78 is 12.2. The molecule has 0 bridgehead atoms. The Morgan fingerprint density at radius 1 is 1.38 bits per heavy atom. The van der Waals surface area contributed by atoms with Crippen LogP contribution >= 0.6 is 0 Å². The minimum atomic E-state index is -0.410. The molecule has 0 aliphatic carbocycles. The van der Waals surface area contributed by atoms with Crippen molar-refractivity contribution in [3.63, 3.8) is 0 Å². The highest BCUT2D eigenvalue weighted by atomic mass is 16.5. The maximum Gasteiger partial charge on any atom is 0.358 e. The van der Waals surface area contributed by atoms with Crippen molar-refractivity contribution in [3.05, 3.63) is 23.7 Å². The molecule has 0 unspecified atom stereocenters. The van der Waals surface area contributed by atoms with Crippen LogP contribution in [0, 0.1) is 6.92 Å². The molecule has 0 aromatic carbocycles. The van der Waals surface area contributed by atoms with Gasteiger partial charge in [0.05, 0.1) is 19.8 Å². The molecule has 2 aromatic rings. The Bertz CT molecular complexity index is 662. The Balaban J connectivity index is 2.04. The van der Waals surface area contributed by atoms with E-state index in [9.17, 15) is 4.79 Å². The van der Waals surface area contributed by atoms with Gasteiger partial charge < -0.3 is 14.4 Å². The Morgan fingerprint density at radius 3 is 2.86 bits per heavy atom. The molecule has 2 aromatic heterocycles. The van der Waals surface area contributed by atoms with E-state index in [4.69, 9.17) is 9.47 Å². The van der Waals surface area contributed by atoms with Crippen molar-refractivity contribution < 1.29 is 14.3 Å². The molecular weight excluding hydrogens is 272 g/mol. The molecule has 0 N–H and O–H groups in total. The molecule has 112 valence electrons. The number of anilines is 1. The van der Waals surface area contributed by atoms with Crippen LogP contribution in [-0.2, 0) is 9.47 Å². The number of morpholine rings is 1. The first-order valence-corrected chi connectivity index (χ1v) is 7.05. The molecule has 3 rings (SSSR count). The van der Waals surface area contributed by atoms with E-state index in [0.29, 0.717) is 31.2 Å². The first-order chi connectivity index (χ1) is 10.2. The number of esters is 1. The maximum atomic E-state index is 11.8. The highest BCUT2D eigenvalue weighted by Crippen LogP contribution is 2.18. The third-order valence-electron chi connectivity index (χ3n) is 3.34. The van der Waals surface area contributed by atoms with Gasteiger partial charge in [-0.15, -0.1) is 0 Å². The molecule has 0 saturated carbocycles. The van der Waals surface area contributed by atoms with Crippen LogP contribution in [0.3, 0.4) is 0 Å². The SMILES string of the molecule is CCOC(=O)c1cn2c(N3CCOCC3)nc(C)cc2n1. The van der Waals surface area contributed by atoms with E-state index in [1.807, 2.05) is 17.4 Å². The highest BCUT2D eigenvalue weighted by molar-refractivity contribution is 5.88. The topological polar surface area (TPSA) is 69.0 Å². The standard InChI is InChI=1S/C14H18N4O3/c1-3-21-13(19)11-9-18-12(16-11)8-10(2)15-14(18)17-4-6-20-7-5-17/h8-9H,3-7H2,1-2H3. The number of carbonyl (C=O) groups excluding carboxylic acids is 1. The average molecular weight is 290 g/mol. The van der Waals surface area contributed by atoms with Crippen LogP contribution in [0.1, 0.15) is 23.1 Å². The van der Waals surface area contributed by atoms with E-state index in [1.54, 1.807) is 13.1 Å². The second-order valence-corrected chi connectivity index (χ2v) is 4.87. The monoisotopic (exact) mass is 290 g/mol. The van der Waals surface area contributed by atoms with Gasteiger partial charge >= 0.3 is 5.97 Å². The van der Waals surface area contributed by atoms with Crippen molar-refractivity contribution in [2.75, 3.05) is 37.8 Å². The fourth-order valence-corrected chi connectivity index (χ4v) is 2.38. The number of carbonyl (C=O) groups is 1. The molecule has 7 nitrogen and oxygen atoms in total. The molecule has 7 heteroatoms. The van der Waals surface area contributed by atoms with Crippen LogP contribution < -0.4 is 4.90 Å². The van der Waals surface area contributed by atoms with Gasteiger partial charge in [-0.2, -0.15) is 0 Å². The van der Waals surface area contributed by atoms with Crippen molar-refractivity contribution in [1.29, 1.82) is 0 Å². The average Bonchev–Trinajstić information content (AvgIpc) is 2.91. The Labute approximate surface area is 122 Å². The van der Waals surface area contributed by atoms with Gasteiger partial charge in [-0.1, -0.05) is 0 Å². The molecule has 1 saturated heterocycles. The third kappa shape index (κ3) is 2.69. The van der Waals surface area contributed by atoms with Gasteiger partial charge in [0.1, 0.15) is 5.65 Å². The van der Waals surface area contributed by atoms with Gasteiger partial charge in [-0.3, -0.25) is 4.40 Å². The molecule has 0 amide bonds. The van der Waals surface area contributed by atoms with Crippen molar-refractivity contribution in [2.45, 2.75) is 13.8 Å². The second kappa shape index (κ2) is 5.69. The van der Waals surface area contributed by atoms with Crippen LogP contribution in [0.15, 0.2) is 12.3 Å². The highest BCUT2D eigenvalue weighted by Gasteiger charge is 2.19. The molecule has 1 aliphatic heterocycles. The molecule has 0 spiro atoms. The first-order valence-electron chi connectivity index (χ1n) is 7.05. The smallest absolute Gasteiger partial charge is 0.358 e. The predicted octanol–water partition coefficient (Wildman–Crippen LogP) is 1.05. The molecule has 21 heavy (non-hydrogen) atoms. The molecule has 1 fully saturated rings. The lowest BCUT2D eigenvalue weighted by Gasteiger charge is -2.28. The van der Waals surface area contributed by atoms with Crippen LogP contribution in [0.25, 0.3) is 5.65 Å². The summed E-state index contributed by atoms with van der Waals surface area (Å²) in [6, 6.07) is 1.85. The number of fused-ring (bicyclic) bond motifs is 1. The zero-order valence-electron chi connectivity index (χ0n) is 12.2. The number of nitrogens with zero attached hydrogens (tertiary/aromatic N) is 4. The minimum Gasteiger partial charge on any atom is -0.461 e. The van der Waals surface area contributed by atoms with Gasteiger partial charge in [0, 0.05) is 31.0 Å². The zero-order chi connectivity index (χ0) is 14.8. The van der Waals surface area contributed by atoms with E-state index < -0.39 is 5.97 Å². The lowest BCUT2D eigenvalue weighted by molar-refractivity contribution is 0.0520. The maximum absolute atomic E-state index is 11.8. The normalized spacial score (nSPS) is 15.4. The van der Waals surface area contributed by atoms with Crippen molar-refractivity contribution in [1.82, 2.24) is 14.4 Å². The molecular formula is C14H18N4O3. The van der Waals surface area contributed by atoms with E-state index in [-0.39, 0.29) is 0 Å². The van der Waals surface area contributed by atoms with E-state index in [1.165, 1.54) is 0 Å². The summed E-state index contributed by atoms with van der Waals surface area (Å²) in [5, 5.41) is 0. The minimum absolute atomic E-state index is 0.304. The number of ether oxygens (including phenoxy) is 2. The van der Waals surface area contributed by atoms with E-state index >= 15 is 0 Å². The first kappa shape index (κ1) is 13.8. The van der Waals surface area contributed by atoms with Gasteiger partial charge in [0.15, 0.2) is 5.69 Å². The largest absolute Gasteiger partial charge is 0.461 e. The van der Waals surface area contributed by atoms with Crippen LogP contribution in [-0.4, -0.2) is 53.2 Å². The van der Waals surface area contributed by atoms with Crippen molar-refractivity contribution in [2.24, 2.45) is 0 Å². The van der Waals surface area contributed by atoms with Gasteiger partial charge in [-0.05, 0) is 13.8 Å². The molecule has 0 radical (unpaired) electrons. The molecule has 0 atom stereocenters. The van der Waals surface area contributed by atoms with Crippen LogP contribution in [0.2, 0.25) is 0 Å². The fourth-order valence-electron chi connectivity index (χ4n) is 2.38. The van der Waals surface area contributed by atoms with E-state index in [2.05, 4.69) is 14.9 Å². The van der Waals surface area contributed by atoms with Gasteiger partial charge in [-0.25, -0.2) is 14.8 Å². The lowest BCUT2D eigenvalue weighted by Crippen LogP contribution is -2.38. The number of hydrogen-bond acceptors (Lipinski definition) is 6. The second-order valence-electron chi connectivity index (χ2n) is 4.87. The summed E-state index contributed by atoms with van der Waals surface area (Å²) in [6.45, 7) is 6.94. The van der Waals surface area contributed by atoms with E-state index in [0.717, 1.165) is 24.7 Å². The Morgan fingerprint density at radius 2 is 2.14 bits per heavy atom. The quantitative estimate of drug-likeness (QED) is 0.787.